The highest BCUT2D eigenvalue weighted by Crippen LogP contribution is 2.26. The SMILES string of the molecule is O=C(c1cc2c(cn1)c(Cc1ccc(Cl)c(F)c1)nn2CC(F)(F)F)N1CCCOCC1. The van der Waals surface area contributed by atoms with Gasteiger partial charge in [0.05, 0.1) is 22.8 Å². The summed E-state index contributed by atoms with van der Waals surface area (Å²) in [4.78, 5) is 18.6. The lowest BCUT2D eigenvalue weighted by molar-refractivity contribution is -0.141. The number of halogens is 5. The van der Waals surface area contributed by atoms with Gasteiger partial charge in [-0.05, 0) is 30.2 Å². The third kappa shape index (κ3) is 5.02. The van der Waals surface area contributed by atoms with Gasteiger partial charge >= 0.3 is 6.18 Å². The van der Waals surface area contributed by atoms with E-state index in [1.807, 2.05) is 0 Å². The molecule has 0 atom stereocenters. The van der Waals surface area contributed by atoms with Gasteiger partial charge in [-0.1, -0.05) is 17.7 Å². The number of carbonyl (C=O) groups excluding carboxylic acids is 1. The van der Waals surface area contributed by atoms with Crippen molar-refractivity contribution < 1.29 is 27.1 Å². The standard InChI is InChI=1S/C21H19ClF4N4O2/c22-15-3-2-13(8-16(15)23)9-17-14-11-27-18(20(31)29-4-1-6-32-7-5-29)10-19(14)30(28-17)12-21(24,25)26/h2-3,8,10-11H,1,4-7,9,12H2. The number of alkyl halides is 3. The van der Waals surface area contributed by atoms with Gasteiger partial charge in [0.25, 0.3) is 5.91 Å². The average Bonchev–Trinajstić information content (AvgIpc) is 2.91. The minimum absolute atomic E-state index is 0.0341. The fourth-order valence-corrected chi connectivity index (χ4v) is 3.74. The van der Waals surface area contributed by atoms with Gasteiger partial charge in [0, 0.05) is 37.7 Å². The highest BCUT2D eigenvalue weighted by atomic mass is 35.5. The Bertz CT molecular complexity index is 1140. The number of fused-ring (bicyclic) bond motifs is 1. The first kappa shape index (κ1) is 22.5. The molecule has 4 rings (SSSR count). The molecular formula is C21H19ClF4N4O2. The Morgan fingerprint density at radius 1 is 1.19 bits per heavy atom. The minimum Gasteiger partial charge on any atom is -0.380 e. The van der Waals surface area contributed by atoms with Gasteiger partial charge in [-0.3, -0.25) is 14.5 Å². The summed E-state index contributed by atoms with van der Waals surface area (Å²) in [6.07, 6.45) is -2.42. The number of ether oxygens (including phenoxy) is 1. The third-order valence-electron chi connectivity index (χ3n) is 5.13. The van der Waals surface area contributed by atoms with Gasteiger partial charge in [-0.2, -0.15) is 18.3 Å². The Hall–Kier alpha value is -2.72. The molecule has 1 aliphatic heterocycles. The van der Waals surface area contributed by atoms with E-state index in [-0.39, 0.29) is 28.6 Å². The van der Waals surface area contributed by atoms with Crippen molar-refractivity contribution in [1.82, 2.24) is 19.7 Å². The molecule has 1 aromatic carbocycles. The van der Waals surface area contributed by atoms with Crippen LogP contribution in [0.4, 0.5) is 17.6 Å². The fourth-order valence-electron chi connectivity index (χ4n) is 3.63. The summed E-state index contributed by atoms with van der Waals surface area (Å²) in [7, 11) is 0. The molecule has 3 heterocycles. The second-order valence-electron chi connectivity index (χ2n) is 7.49. The first-order valence-electron chi connectivity index (χ1n) is 9.94. The van der Waals surface area contributed by atoms with Gasteiger partial charge < -0.3 is 9.64 Å². The number of aromatic nitrogens is 3. The van der Waals surface area contributed by atoms with Crippen molar-refractivity contribution in [2.45, 2.75) is 25.6 Å². The maximum absolute atomic E-state index is 13.8. The molecule has 170 valence electrons. The van der Waals surface area contributed by atoms with Gasteiger partial charge in [0.15, 0.2) is 0 Å². The van der Waals surface area contributed by atoms with Crippen LogP contribution < -0.4 is 0 Å². The van der Waals surface area contributed by atoms with Crippen LogP contribution in [0.5, 0.6) is 0 Å². The molecule has 11 heteroatoms. The lowest BCUT2D eigenvalue weighted by Gasteiger charge is -2.19. The van der Waals surface area contributed by atoms with E-state index in [9.17, 15) is 22.4 Å². The van der Waals surface area contributed by atoms with E-state index in [4.69, 9.17) is 16.3 Å². The van der Waals surface area contributed by atoms with Crippen LogP contribution in [0.2, 0.25) is 5.02 Å². The minimum atomic E-state index is -4.52. The van der Waals surface area contributed by atoms with E-state index < -0.39 is 18.5 Å². The van der Waals surface area contributed by atoms with Gasteiger partial charge in [0.1, 0.15) is 18.1 Å². The number of hydrogen-bond donors (Lipinski definition) is 0. The molecule has 0 N–H and O–H groups in total. The summed E-state index contributed by atoms with van der Waals surface area (Å²) in [5.74, 6) is -1.01. The van der Waals surface area contributed by atoms with Crippen LogP contribution in [0.25, 0.3) is 10.9 Å². The van der Waals surface area contributed by atoms with Crippen molar-refractivity contribution in [3.8, 4) is 0 Å². The summed E-state index contributed by atoms with van der Waals surface area (Å²) in [5, 5.41) is 4.42. The molecule has 0 bridgehead atoms. The smallest absolute Gasteiger partial charge is 0.380 e. The van der Waals surface area contributed by atoms with Crippen LogP contribution in [0.1, 0.15) is 28.2 Å². The van der Waals surface area contributed by atoms with E-state index in [0.29, 0.717) is 49.4 Å². The predicted octanol–water partition coefficient (Wildman–Crippen LogP) is 4.24. The Morgan fingerprint density at radius 3 is 2.75 bits per heavy atom. The molecule has 1 saturated heterocycles. The number of amides is 1. The van der Waals surface area contributed by atoms with Gasteiger partial charge in [-0.25, -0.2) is 4.39 Å². The van der Waals surface area contributed by atoms with E-state index >= 15 is 0 Å². The van der Waals surface area contributed by atoms with Crippen LogP contribution in [-0.2, 0) is 17.7 Å². The first-order valence-corrected chi connectivity index (χ1v) is 10.3. The number of benzene rings is 1. The van der Waals surface area contributed by atoms with Crippen LogP contribution in [-0.4, -0.2) is 58.1 Å². The molecule has 1 amide bonds. The van der Waals surface area contributed by atoms with Crippen LogP contribution in [0, 0.1) is 5.82 Å². The topological polar surface area (TPSA) is 60.2 Å². The zero-order chi connectivity index (χ0) is 22.9. The zero-order valence-corrected chi connectivity index (χ0v) is 17.6. The summed E-state index contributed by atoms with van der Waals surface area (Å²) in [6, 6.07) is 5.49. The lowest BCUT2D eigenvalue weighted by atomic mass is 10.1. The van der Waals surface area contributed by atoms with E-state index in [2.05, 4.69) is 10.1 Å². The van der Waals surface area contributed by atoms with Gasteiger partial charge in [0.2, 0.25) is 0 Å². The van der Waals surface area contributed by atoms with Crippen LogP contribution in [0.3, 0.4) is 0 Å². The molecule has 0 unspecified atom stereocenters. The number of hydrogen-bond acceptors (Lipinski definition) is 4. The van der Waals surface area contributed by atoms with Crippen molar-refractivity contribution in [2.24, 2.45) is 0 Å². The molecule has 0 radical (unpaired) electrons. The van der Waals surface area contributed by atoms with Crippen LogP contribution in [0.15, 0.2) is 30.5 Å². The second kappa shape index (κ2) is 9.03. The zero-order valence-electron chi connectivity index (χ0n) is 16.8. The molecule has 3 aromatic rings. The maximum atomic E-state index is 13.8. The van der Waals surface area contributed by atoms with Crippen LogP contribution >= 0.6 is 11.6 Å². The van der Waals surface area contributed by atoms with Crippen molar-refractivity contribution in [3.05, 3.63) is 58.3 Å². The summed E-state index contributed by atoms with van der Waals surface area (Å²) in [6.45, 7) is 0.472. The number of carbonyl (C=O) groups is 1. The Kier molecular flexibility index (Phi) is 6.34. The average molecular weight is 471 g/mol. The normalized spacial score (nSPS) is 15.2. The predicted molar refractivity (Wildman–Crippen MR) is 109 cm³/mol. The first-order chi connectivity index (χ1) is 15.2. The van der Waals surface area contributed by atoms with E-state index in [1.165, 1.54) is 24.4 Å². The summed E-state index contributed by atoms with van der Waals surface area (Å²) in [5.41, 5.74) is 0.957. The molecule has 1 aliphatic rings. The van der Waals surface area contributed by atoms with Gasteiger partial charge in [-0.15, -0.1) is 0 Å². The Balaban J connectivity index is 1.72. The van der Waals surface area contributed by atoms with Crippen molar-refractivity contribution >= 4 is 28.4 Å². The quantitative estimate of drug-likeness (QED) is 0.535. The monoisotopic (exact) mass is 470 g/mol. The number of nitrogens with zero attached hydrogens (tertiary/aromatic N) is 4. The Labute approximate surface area is 185 Å². The molecule has 0 spiro atoms. The highest BCUT2D eigenvalue weighted by molar-refractivity contribution is 6.30. The molecule has 6 nitrogen and oxygen atoms in total. The largest absolute Gasteiger partial charge is 0.408 e. The molecule has 0 aliphatic carbocycles. The second-order valence-corrected chi connectivity index (χ2v) is 7.90. The summed E-state index contributed by atoms with van der Waals surface area (Å²) < 4.78 is 59.5. The van der Waals surface area contributed by atoms with E-state index in [0.717, 1.165) is 4.68 Å². The number of rotatable bonds is 4. The molecular weight excluding hydrogens is 452 g/mol. The molecule has 2 aromatic heterocycles. The van der Waals surface area contributed by atoms with E-state index in [1.54, 1.807) is 11.0 Å². The van der Waals surface area contributed by atoms with Crippen molar-refractivity contribution in [3.63, 3.8) is 0 Å². The Morgan fingerprint density at radius 2 is 2.00 bits per heavy atom. The molecule has 32 heavy (non-hydrogen) atoms. The van der Waals surface area contributed by atoms with Crippen molar-refractivity contribution in [1.29, 1.82) is 0 Å². The molecule has 1 fully saturated rings. The maximum Gasteiger partial charge on any atom is 0.408 e. The fraction of sp³-hybridized carbons (Fsp3) is 0.381. The lowest BCUT2D eigenvalue weighted by Crippen LogP contribution is -2.33. The molecule has 0 saturated carbocycles. The van der Waals surface area contributed by atoms with Crippen molar-refractivity contribution in [2.75, 3.05) is 26.3 Å². The summed E-state index contributed by atoms with van der Waals surface area (Å²) >= 11 is 5.70. The highest BCUT2D eigenvalue weighted by Gasteiger charge is 2.30. The number of pyridine rings is 1. The third-order valence-corrected chi connectivity index (χ3v) is 5.43.